The van der Waals surface area contributed by atoms with Crippen molar-refractivity contribution in [2.24, 2.45) is 0 Å². The molecule has 0 radical (unpaired) electrons. The number of aromatic nitrogens is 2. The highest BCUT2D eigenvalue weighted by Gasteiger charge is 2.00. The molecule has 0 aliphatic heterocycles. The Kier molecular flexibility index (Phi) is 1.85. The average molecular weight is 125 g/mol. The Morgan fingerprint density at radius 2 is 2.56 bits per heavy atom. The van der Waals surface area contributed by atoms with Crippen molar-refractivity contribution in [1.29, 1.82) is 0 Å². The van der Waals surface area contributed by atoms with Crippen molar-refractivity contribution in [2.45, 2.75) is 13.0 Å². The van der Waals surface area contributed by atoms with Crippen LogP contribution in [0.3, 0.4) is 0 Å². The van der Waals surface area contributed by atoms with E-state index in [0.717, 1.165) is 0 Å². The zero-order chi connectivity index (χ0) is 6.69. The van der Waals surface area contributed by atoms with Crippen molar-refractivity contribution in [1.82, 2.24) is 15.5 Å². The third-order valence-electron chi connectivity index (χ3n) is 1.45. The maximum Gasteiger partial charge on any atom is 0.0534 e. The minimum Gasteiger partial charge on any atom is -0.313 e. The van der Waals surface area contributed by atoms with Crippen molar-refractivity contribution in [3.63, 3.8) is 0 Å². The summed E-state index contributed by atoms with van der Waals surface area (Å²) < 4.78 is 0. The fourth-order valence-corrected chi connectivity index (χ4v) is 0.664. The Morgan fingerprint density at radius 1 is 1.78 bits per heavy atom. The summed E-state index contributed by atoms with van der Waals surface area (Å²) in [6.45, 7) is 2.09. The van der Waals surface area contributed by atoms with Crippen LogP contribution >= 0.6 is 0 Å². The molecule has 0 saturated heterocycles. The van der Waals surface area contributed by atoms with Crippen molar-refractivity contribution >= 4 is 0 Å². The van der Waals surface area contributed by atoms with E-state index in [1.165, 1.54) is 5.56 Å². The van der Waals surface area contributed by atoms with Gasteiger partial charge in [-0.2, -0.15) is 5.10 Å². The van der Waals surface area contributed by atoms with Gasteiger partial charge >= 0.3 is 0 Å². The summed E-state index contributed by atoms with van der Waals surface area (Å²) in [4.78, 5) is 0. The van der Waals surface area contributed by atoms with Crippen LogP contribution in [-0.2, 0) is 0 Å². The molecular weight excluding hydrogens is 114 g/mol. The smallest absolute Gasteiger partial charge is 0.0534 e. The van der Waals surface area contributed by atoms with Gasteiger partial charge in [-0.05, 0) is 14.0 Å². The van der Waals surface area contributed by atoms with Crippen LogP contribution in [-0.4, -0.2) is 17.2 Å². The van der Waals surface area contributed by atoms with Crippen LogP contribution in [0.1, 0.15) is 18.5 Å². The van der Waals surface area contributed by atoms with Crippen LogP contribution in [0.4, 0.5) is 0 Å². The van der Waals surface area contributed by atoms with E-state index in [1.54, 1.807) is 0 Å². The number of H-pyrrole nitrogens is 1. The third-order valence-corrected chi connectivity index (χ3v) is 1.45. The largest absolute Gasteiger partial charge is 0.313 e. The van der Waals surface area contributed by atoms with E-state index in [9.17, 15) is 0 Å². The van der Waals surface area contributed by atoms with E-state index in [0.29, 0.717) is 6.04 Å². The zero-order valence-corrected chi connectivity index (χ0v) is 5.68. The van der Waals surface area contributed by atoms with Crippen LogP contribution in [0.15, 0.2) is 12.4 Å². The first-order valence-corrected chi connectivity index (χ1v) is 3.00. The Morgan fingerprint density at radius 3 is 3.00 bits per heavy atom. The lowest BCUT2D eigenvalue weighted by Gasteiger charge is -2.04. The molecular formula is C6H11N3. The summed E-state index contributed by atoms with van der Waals surface area (Å²) in [6.07, 6.45) is 3.71. The van der Waals surface area contributed by atoms with E-state index in [4.69, 9.17) is 0 Å². The van der Waals surface area contributed by atoms with E-state index < -0.39 is 0 Å². The molecule has 1 unspecified atom stereocenters. The van der Waals surface area contributed by atoms with Crippen LogP contribution < -0.4 is 5.32 Å². The molecule has 0 bridgehead atoms. The molecule has 2 N–H and O–H groups in total. The standard InChI is InChI=1S/C6H11N3/c1-5(7-2)6-3-8-9-4-6/h3-5,7H,1-2H3,(H,8,9). The lowest BCUT2D eigenvalue weighted by molar-refractivity contribution is 0.653. The van der Waals surface area contributed by atoms with Gasteiger partial charge in [0.25, 0.3) is 0 Å². The Balaban J connectivity index is 2.65. The molecule has 50 valence electrons. The van der Waals surface area contributed by atoms with Gasteiger partial charge in [0.15, 0.2) is 0 Å². The first kappa shape index (κ1) is 6.29. The van der Waals surface area contributed by atoms with Crippen LogP contribution in [0.5, 0.6) is 0 Å². The summed E-state index contributed by atoms with van der Waals surface area (Å²) in [7, 11) is 1.93. The summed E-state index contributed by atoms with van der Waals surface area (Å²) in [5, 5.41) is 9.69. The summed E-state index contributed by atoms with van der Waals surface area (Å²) in [5.41, 5.74) is 1.19. The number of rotatable bonds is 2. The Labute approximate surface area is 54.5 Å². The summed E-state index contributed by atoms with van der Waals surface area (Å²) in [6, 6.07) is 0.392. The molecule has 1 heterocycles. The predicted octanol–water partition coefficient (Wildman–Crippen LogP) is 0.690. The molecule has 0 amide bonds. The van der Waals surface area contributed by atoms with Crippen molar-refractivity contribution < 1.29 is 0 Å². The van der Waals surface area contributed by atoms with Crippen molar-refractivity contribution in [3.8, 4) is 0 Å². The molecule has 1 aromatic rings. The highest BCUT2D eigenvalue weighted by atomic mass is 15.1. The first-order chi connectivity index (χ1) is 4.34. The molecule has 3 heteroatoms. The SMILES string of the molecule is CNC(C)c1cn[nH]c1. The highest BCUT2D eigenvalue weighted by Crippen LogP contribution is 2.06. The van der Waals surface area contributed by atoms with Gasteiger partial charge in [-0.3, -0.25) is 5.10 Å². The molecule has 0 spiro atoms. The van der Waals surface area contributed by atoms with Crippen molar-refractivity contribution in [2.75, 3.05) is 7.05 Å². The van der Waals surface area contributed by atoms with Gasteiger partial charge in [0.05, 0.1) is 6.20 Å². The van der Waals surface area contributed by atoms with Gasteiger partial charge in [-0.25, -0.2) is 0 Å². The number of hydrogen-bond acceptors (Lipinski definition) is 2. The molecule has 0 fully saturated rings. The van der Waals surface area contributed by atoms with Crippen LogP contribution in [0.2, 0.25) is 0 Å². The van der Waals surface area contributed by atoms with Gasteiger partial charge in [-0.1, -0.05) is 0 Å². The number of hydrogen-bond donors (Lipinski definition) is 2. The monoisotopic (exact) mass is 125 g/mol. The number of nitrogens with zero attached hydrogens (tertiary/aromatic N) is 1. The maximum absolute atomic E-state index is 3.83. The predicted molar refractivity (Wildman–Crippen MR) is 36.1 cm³/mol. The molecule has 9 heavy (non-hydrogen) atoms. The molecule has 1 rings (SSSR count). The van der Waals surface area contributed by atoms with Crippen LogP contribution in [0.25, 0.3) is 0 Å². The van der Waals surface area contributed by atoms with Crippen LogP contribution in [0, 0.1) is 0 Å². The summed E-state index contributed by atoms with van der Waals surface area (Å²) in [5.74, 6) is 0. The molecule has 1 aromatic heterocycles. The molecule has 0 saturated carbocycles. The molecule has 0 aromatic carbocycles. The van der Waals surface area contributed by atoms with E-state index in [2.05, 4.69) is 22.4 Å². The second-order valence-electron chi connectivity index (χ2n) is 2.04. The molecule has 0 aliphatic rings. The number of nitrogens with one attached hydrogen (secondary N) is 2. The fraction of sp³-hybridized carbons (Fsp3) is 0.500. The molecule has 1 atom stereocenters. The maximum atomic E-state index is 3.83. The normalized spacial score (nSPS) is 13.6. The molecule has 0 aliphatic carbocycles. The van der Waals surface area contributed by atoms with Gasteiger partial charge in [0.2, 0.25) is 0 Å². The minimum absolute atomic E-state index is 0.392. The Bertz CT molecular complexity index is 157. The average Bonchev–Trinajstić information content (AvgIpc) is 2.37. The van der Waals surface area contributed by atoms with Gasteiger partial charge in [-0.15, -0.1) is 0 Å². The van der Waals surface area contributed by atoms with E-state index >= 15 is 0 Å². The second-order valence-corrected chi connectivity index (χ2v) is 2.04. The minimum atomic E-state index is 0.392. The van der Waals surface area contributed by atoms with Gasteiger partial charge in [0.1, 0.15) is 0 Å². The first-order valence-electron chi connectivity index (χ1n) is 3.00. The fourth-order valence-electron chi connectivity index (χ4n) is 0.664. The zero-order valence-electron chi connectivity index (χ0n) is 5.68. The van der Waals surface area contributed by atoms with E-state index in [1.807, 2.05) is 19.4 Å². The summed E-state index contributed by atoms with van der Waals surface area (Å²) >= 11 is 0. The lowest BCUT2D eigenvalue weighted by Crippen LogP contribution is -2.11. The highest BCUT2D eigenvalue weighted by molar-refractivity contribution is 5.07. The Hall–Kier alpha value is -0.830. The number of aromatic amines is 1. The van der Waals surface area contributed by atoms with Gasteiger partial charge < -0.3 is 5.32 Å². The van der Waals surface area contributed by atoms with E-state index in [-0.39, 0.29) is 0 Å². The lowest BCUT2D eigenvalue weighted by atomic mass is 10.2. The molecule has 3 nitrogen and oxygen atoms in total. The quantitative estimate of drug-likeness (QED) is 0.610. The van der Waals surface area contributed by atoms with Gasteiger partial charge in [0, 0.05) is 17.8 Å². The second kappa shape index (κ2) is 2.64. The van der Waals surface area contributed by atoms with Crippen molar-refractivity contribution in [3.05, 3.63) is 18.0 Å². The third kappa shape index (κ3) is 1.29. The topological polar surface area (TPSA) is 40.7 Å².